The van der Waals surface area contributed by atoms with Gasteiger partial charge in [0.15, 0.2) is 17.3 Å². The minimum atomic E-state index is -0.0438. The van der Waals surface area contributed by atoms with Gasteiger partial charge in [0.05, 0.1) is 5.02 Å². The van der Waals surface area contributed by atoms with Gasteiger partial charge in [0.2, 0.25) is 6.79 Å². The monoisotopic (exact) mass is 227 g/mol. The average molecular weight is 228 g/mol. The molecule has 1 aromatic rings. The Bertz CT molecular complexity index is 406. The zero-order valence-electron chi connectivity index (χ0n) is 7.96. The van der Waals surface area contributed by atoms with Crippen LogP contribution in [0.4, 0.5) is 0 Å². The number of carbonyl (C=O) groups excluding carboxylic acids is 1. The summed E-state index contributed by atoms with van der Waals surface area (Å²) < 4.78 is 10.3. The highest BCUT2D eigenvalue weighted by atomic mass is 35.5. The van der Waals surface area contributed by atoms with E-state index in [9.17, 15) is 4.79 Å². The normalized spacial score (nSPS) is 12.9. The maximum atomic E-state index is 11.6. The van der Waals surface area contributed by atoms with E-state index in [1.54, 1.807) is 12.1 Å². The molecular formula is C10H10ClNO3. The van der Waals surface area contributed by atoms with Crippen molar-refractivity contribution in [3.05, 3.63) is 22.7 Å². The summed E-state index contributed by atoms with van der Waals surface area (Å²) in [6.07, 6.45) is 0.302. The van der Waals surface area contributed by atoms with E-state index in [1.807, 2.05) is 0 Å². The summed E-state index contributed by atoms with van der Waals surface area (Å²) in [6.45, 7) is 0.467. The van der Waals surface area contributed by atoms with Crippen molar-refractivity contribution in [2.75, 3.05) is 13.3 Å². The minimum Gasteiger partial charge on any atom is -0.454 e. The van der Waals surface area contributed by atoms with Gasteiger partial charge in [-0.25, -0.2) is 0 Å². The molecule has 0 saturated heterocycles. The molecule has 0 spiro atoms. The maximum Gasteiger partial charge on any atom is 0.231 e. The molecule has 4 nitrogen and oxygen atoms in total. The van der Waals surface area contributed by atoms with Gasteiger partial charge in [-0.2, -0.15) is 0 Å². The molecule has 1 heterocycles. The van der Waals surface area contributed by atoms with Gasteiger partial charge in [0.25, 0.3) is 0 Å². The third-order valence-electron chi connectivity index (χ3n) is 2.12. The second-order valence-corrected chi connectivity index (χ2v) is 3.56. The van der Waals surface area contributed by atoms with E-state index in [4.69, 9.17) is 26.8 Å². The summed E-state index contributed by atoms with van der Waals surface area (Å²) in [5, 5.41) is 0.394. The molecule has 0 saturated carbocycles. The standard InChI is InChI=1S/C10H10ClNO3/c11-7-3-6(8(13)1-2-12)4-9-10(7)15-5-14-9/h3-4H,1-2,5,12H2. The first-order valence-electron chi connectivity index (χ1n) is 4.55. The van der Waals surface area contributed by atoms with Crippen molar-refractivity contribution in [2.45, 2.75) is 6.42 Å². The number of rotatable bonds is 3. The van der Waals surface area contributed by atoms with Gasteiger partial charge >= 0.3 is 0 Å². The average Bonchev–Trinajstić information content (AvgIpc) is 2.66. The van der Waals surface area contributed by atoms with Crippen LogP contribution in [0.5, 0.6) is 11.5 Å². The summed E-state index contributed by atoms with van der Waals surface area (Å²) in [5.74, 6) is 0.974. The molecule has 1 aliphatic heterocycles. The van der Waals surface area contributed by atoms with Gasteiger partial charge in [0, 0.05) is 12.0 Å². The molecule has 1 aliphatic rings. The van der Waals surface area contributed by atoms with E-state index in [1.165, 1.54) is 0 Å². The molecule has 15 heavy (non-hydrogen) atoms. The van der Waals surface area contributed by atoms with Gasteiger partial charge in [-0.15, -0.1) is 0 Å². The Morgan fingerprint density at radius 3 is 3.00 bits per heavy atom. The molecule has 1 aromatic carbocycles. The lowest BCUT2D eigenvalue weighted by Crippen LogP contribution is -2.08. The predicted octanol–water partition coefficient (Wildman–Crippen LogP) is 1.60. The largest absolute Gasteiger partial charge is 0.454 e. The number of carbonyl (C=O) groups is 1. The third-order valence-corrected chi connectivity index (χ3v) is 2.40. The van der Waals surface area contributed by atoms with Crippen molar-refractivity contribution in [3.8, 4) is 11.5 Å². The first-order chi connectivity index (χ1) is 7.22. The quantitative estimate of drug-likeness (QED) is 0.797. The van der Waals surface area contributed by atoms with Crippen LogP contribution in [0.1, 0.15) is 16.8 Å². The fraction of sp³-hybridized carbons (Fsp3) is 0.300. The summed E-state index contributed by atoms with van der Waals surface area (Å²) >= 11 is 5.93. The number of ether oxygens (including phenoxy) is 2. The molecule has 2 rings (SSSR count). The Morgan fingerprint density at radius 1 is 1.47 bits per heavy atom. The number of benzene rings is 1. The molecule has 0 amide bonds. The van der Waals surface area contributed by atoms with Crippen molar-refractivity contribution >= 4 is 17.4 Å². The Balaban J connectivity index is 2.35. The van der Waals surface area contributed by atoms with Gasteiger partial charge in [-0.1, -0.05) is 11.6 Å². The van der Waals surface area contributed by atoms with Crippen LogP contribution in [-0.2, 0) is 0 Å². The smallest absolute Gasteiger partial charge is 0.231 e. The SMILES string of the molecule is NCCC(=O)c1cc(Cl)c2c(c1)OCO2. The Kier molecular flexibility index (Phi) is 2.79. The highest BCUT2D eigenvalue weighted by Crippen LogP contribution is 2.39. The fourth-order valence-electron chi connectivity index (χ4n) is 1.40. The van der Waals surface area contributed by atoms with Crippen LogP contribution < -0.4 is 15.2 Å². The fourth-order valence-corrected chi connectivity index (χ4v) is 1.67. The van der Waals surface area contributed by atoms with Crippen molar-refractivity contribution < 1.29 is 14.3 Å². The van der Waals surface area contributed by atoms with Crippen molar-refractivity contribution in [2.24, 2.45) is 5.73 Å². The van der Waals surface area contributed by atoms with E-state index in [0.29, 0.717) is 35.1 Å². The molecule has 2 N–H and O–H groups in total. The van der Waals surface area contributed by atoms with Crippen molar-refractivity contribution in [1.82, 2.24) is 0 Å². The number of fused-ring (bicyclic) bond motifs is 1. The minimum absolute atomic E-state index is 0.0438. The van der Waals surface area contributed by atoms with Crippen LogP contribution in [0.3, 0.4) is 0 Å². The number of nitrogens with two attached hydrogens (primary N) is 1. The number of hydrogen-bond acceptors (Lipinski definition) is 4. The Hall–Kier alpha value is -1.26. The second kappa shape index (κ2) is 4.08. The topological polar surface area (TPSA) is 61.6 Å². The van der Waals surface area contributed by atoms with E-state index in [-0.39, 0.29) is 12.6 Å². The van der Waals surface area contributed by atoms with Gasteiger partial charge in [-0.3, -0.25) is 4.79 Å². The van der Waals surface area contributed by atoms with Crippen LogP contribution in [0.15, 0.2) is 12.1 Å². The molecule has 0 atom stereocenters. The highest BCUT2D eigenvalue weighted by molar-refractivity contribution is 6.32. The van der Waals surface area contributed by atoms with Crippen molar-refractivity contribution in [3.63, 3.8) is 0 Å². The lowest BCUT2D eigenvalue weighted by atomic mass is 10.1. The summed E-state index contributed by atoms with van der Waals surface area (Å²) in [5.41, 5.74) is 5.82. The van der Waals surface area contributed by atoms with Crippen LogP contribution in [0.25, 0.3) is 0 Å². The van der Waals surface area contributed by atoms with Crippen molar-refractivity contribution in [1.29, 1.82) is 0 Å². The van der Waals surface area contributed by atoms with Gasteiger partial charge in [-0.05, 0) is 18.7 Å². The summed E-state index contributed by atoms with van der Waals surface area (Å²) in [7, 11) is 0. The van der Waals surface area contributed by atoms with E-state index < -0.39 is 0 Å². The maximum absolute atomic E-state index is 11.6. The van der Waals surface area contributed by atoms with E-state index in [0.717, 1.165) is 0 Å². The predicted molar refractivity (Wildman–Crippen MR) is 55.6 cm³/mol. The van der Waals surface area contributed by atoms with Crippen LogP contribution in [0.2, 0.25) is 5.02 Å². The summed E-state index contributed by atoms with van der Waals surface area (Å²) in [6, 6.07) is 3.21. The number of halogens is 1. The summed E-state index contributed by atoms with van der Waals surface area (Å²) in [4.78, 5) is 11.6. The Morgan fingerprint density at radius 2 is 2.27 bits per heavy atom. The molecular weight excluding hydrogens is 218 g/mol. The van der Waals surface area contributed by atoms with Gasteiger partial charge < -0.3 is 15.2 Å². The molecule has 0 aliphatic carbocycles. The first-order valence-corrected chi connectivity index (χ1v) is 4.92. The highest BCUT2D eigenvalue weighted by Gasteiger charge is 2.20. The molecule has 5 heteroatoms. The Labute approximate surface area is 91.9 Å². The lowest BCUT2D eigenvalue weighted by Gasteiger charge is -2.03. The second-order valence-electron chi connectivity index (χ2n) is 3.15. The van der Waals surface area contributed by atoms with E-state index in [2.05, 4.69) is 0 Å². The molecule has 80 valence electrons. The first kappa shape index (κ1) is 10.3. The number of ketones is 1. The molecule has 0 aromatic heterocycles. The molecule has 0 bridgehead atoms. The van der Waals surface area contributed by atoms with Crippen LogP contribution >= 0.6 is 11.6 Å². The zero-order valence-corrected chi connectivity index (χ0v) is 8.71. The molecule has 0 fully saturated rings. The zero-order chi connectivity index (χ0) is 10.8. The lowest BCUT2D eigenvalue weighted by molar-refractivity contribution is 0.0985. The number of Topliss-reactive ketones (excluding diaryl/α,β-unsaturated/α-hetero) is 1. The molecule has 0 unspecified atom stereocenters. The van der Waals surface area contributed by atoms with Gasteiger partial charge in [0.1, 0.15) is 0 Å². The third kappa shape index (κ3) is 1.91. The van der Waals surface area contributed by atoms with Crippen LogP contribution in [0, 0.1) is 0 Å². The number of hydrogen-bond donors (Lipinski definition) is 1. The van der Waals surface area contributed by atoms with Crippen LogP contribution in [-0.4, -0.2) is 19.1 Å². The molecule has 0 radical (unpaired) electrons. The van der Waals surface area contributed by atoms with E-state index >= 15 is 0 Å².